The van der Waals surface area contributed by atoms with Gasteiger partial charge in [-0.1, -0.05) is 0 Å². The Bertz CT molecular complexity index is 627. The molecule has 1 amide bonds. The summed E-state index contributed by atoms with van der Waals surface area (Å²) in [4.78, 5) is 12.1. The zero-order chi connectivity index (χ0) is 16.2. The van der Waals surface area contributed by atoms with E-state index in [2.05, 4.69) is 16.0 Å². The van der Waals surface area contributed by atoms with Gasteiger partial charge in [-0.3, -0.25) is 4.79 Å². The minimum Gasteiger partial charge on any atom is -0.376 e. The van der Waals surface area contributed by atoms with E-state index in [-0.39, 0.29) is 12.0 Å². The summed E-state index contributed by atoms with van der Waals surface area (Å²) in [5.41, 5.74) is 3.02. The Morgan fingerprint density at radius 1 is 1.43 bits per heavy atom. The van der Waals surface area contributed by atoms with Gasteiger partial charge in [0.1, 0.15) is 11.9 Å². The minimum absolute atomic E-state index is 0.0440. The summed E-state index contributed by atoms with van der Waals surface area (Å²) in [6.45, 7) is 1.55. The zero-order valence-corrected chi connectivity index (χ0v) is 14.4. The molecule has 2 aliphatic rings. The molecule has 0 radical (unpaired) electrons. The average molecular weight is 333 g/mol. The molecule has 1 aromatic heterocycles. The summed E-state index contributed by atoms with van der Waals surface area (Å²) < 4.78 is 7.93. The van der Waals surface area contributed by atoms with Crippen LogP contribution in [0.1, 0.15) is 42.5 Å². The maximum absolute atomic E-state index is 12.1. The predicted molar refractivity (Wildman–Crippen MR) is 91.8 cm³/mol. The van der Waals surface area contributed by atoms with Crippen molar-refractivity contribution in [1.29, 1.82) is 5.26 Å². The van der Waals surface area contributed by atoms with E-state index in [9.17, 15) is 10.1 Å². The van der Waals surface area contributed by atoms with E-state index in [4.69, 9.17) is 4.74 Å². The molecule has 5 nitrogen and oxygen atoms in total. The molecule has 6 heteroatoms. The van der Waals surface area contributed by atoms with Gasteiger partial charge in [0.15, 0.2) is 0 Å². The van der Waals surface area contributed by atoms with Crippen molar-refractivity contribution in [3.05, 3.63) is 16.8 Å². The lowest BCUT2D eigenvalue weighted by molar-refractivity contribution is -0.113. The summed E-state index contributed by atoms with van der Waals surface area (Å²) >= 11 is 1.49. The maximum atomic E-state index is 12.1. The van der Waals surface area contributed by atoms with Crippen molar-refractivity contribution in [2.24, 2.45) is 0 Å². The van der Waals surface area contributed by atoms with Gasteiger partial charge < -0.3 is 14.6 Å². The molecule has 1 atom stereocenters. The third kappa shape index (κ3) is 3.41. The van der Waals surface area contributed by atoms with Gasteiger partial charge in [-0.05, 0) is 50.3 Å². The lowest BCUT2D eigenvalue weighted by Crippen LogP contribution is -2.22. The first-order chi connectivity index (χ1) is 11.2. The first-order valence-electron chi connectivity index (χ1n) is 8.29. The largest absolute Gasteiger partial charge is 0.376 e. The number of nitrogens with zero attached hydrogens (tertiary/aromatic N) is 2. The zero-order valence-electron chi connectivity index (χ0n) is 13.6. The lowest BCUT2D eigenvalue weighted by Gasteiger charge is -2.19. The number of thioether (sulfide) groups is 1. The Morgan fingerprint density at radius 2 is 2.26 bits per heavy atom. The molecule has 1 saturated heterocycles. The van der Waals surface area contributed by atoms with Gasteiger partial charge in [-0.25, -0.2) is 0 Å². The van der Waals surface area contributed by atoms with Crippen LogP contribution in [0.3, 0.4) is 0 Å². The van der Waals surface area contributed by atoms with Crippen molar-refractivity contribution in [2.45, 2.75) is 51.2 Å². The number of amides is 1. The molecular formula is C17H23N3O2S. The van der Waals surface area contributed by atoms with Crippen LogP contribution in [0.5, 0.6) is 0 Å². The fraction of sp³-hybridized carbons (Fsp3) is 0.647. The lowest BCUT2D eigenvalue weighted by atomic mass is 9.95. The van der Waals surface area contributed by atoms with Gasteiger partial charge in [0.25, 0.3) is 0 Å². The quantitative estimate of drug-likeness (QED) is 0.900. The number of ether oxygens (including phenoxy) is 1. The van der Waals surface area contributed by atoms with E-state index in [1.54, 1.807) is 0 Å². The molecule has 1 aliphatic carbocycles. The second-order valence-corrected chi connectivity index (χ2v) is 7.06. The summed E-state index contributed by atoms with van der Waals surface area (Å²) in [5, 5.41) is 12.6. The highest BCUT2D eigenvalue weighted by atomic mass is 32.2. The SMILES string of the molecule is CSCC(=O)Nc1c(C#N)c2c(n1C[C@@H]1CCCO1)CCCC2. The molecule has 1 fully saturated rings. The Kier molecular flexibility index (Phi) is 5.29. The van der Waals surface area contributed by atoms with Gasteiger partial charge in [-0.15, -0.1) is 0 Å². The van der Waals surface area contributed by atoms with E-state index in [0.717, 1.165) is 57.2 Å². The highest BCUT2D eigenvalue weighted by molar-refractivity contribution is 7.99. The van der Waals surface area contributed by atoms with Crippen LogP contribution in [0.4, 0.5) is 5.82 Å². The summed E-state index contributed by atoms with van der Waals surface area (Å²) in [6.07, 6.45) is 8.41. The average Bonchev–Trinajstić information content (AvgIpc) is 3.15. The normalized spacial score (nSPS) is 20.1. The van der Waals surface area contributed by atoms with E-state index in [1.807, 2.05) is 6.26 Å². The third-order valence-corrected chi connectivity index (χ3v) is 5.18. The topological polar surface area (TPSA) is 67.0 Å². The number of anilines is 1. The molecule has 3 rings (SSSR count). The predicted octanol–water partition coefficient (Wildman–Crippen LogP) is 2.72. The van der Waals surface area contributed by atoms with Gasteiger partial charge in [-0.2, -0.15) is 17.0 Å². The first kappa shape index (κ1) is 16.4. The van der Waals surface area contributed by atoms with Gasteiger partial charge in [0.05, 0.1) is 24.0 Å². The molecule has 0 aromatic carbocycles. The number of rotatable bonds is 5. The molecular weight excluding hydrogens is 310 g/mol. The van der Waals surface area contributed by atoms with E-state index in [0.29, 0.717) is 17.1 Å². The van der Waals surface area contributed by atoms with Crippen LogP contribution in [0.2, 0.25) is 0 Å². The molecule has 1 aromatic rings. The highest BCUT2D eigenvalue weighted by Crippen LogP contribution is 2.34. The monoisotopic (exact) mass is 333 g/mol. The number of hydrogen-bond donors (Lipinski definition) is 1. The molecule has 0 bridgehead atoms. The number of hydrogen-bond acceptors (Lipinski definition) is 4. The van der Waals surface area contributed by atoms with Crippen LogP contribution in [-0.2, 0) is 28.9 Å². The molecule has 1 aliphatic heterocycles. The second kappa shape index (κ2) is 7.41. The summed E-state index contributed by atoms with van der Waals surface area (Å²) in [7, 11) is 0. The van der Waals surface area contributed by atoms with Crippen molar-refractivity contribution in [3.63, 3.8) is 0 Å². The van der Waals surface area contributed by atoms with Crippen LogP contribution in [-0.4, -0.2) is 35.2 Å². The Hall–Kier alpha value is -1.45. The smallest absolute Gasteiger partial charge is 0.235 e. The first-order valence-corrected chi connectivity index (χ1v) is 9.68. The molecule has 124 valence electrons. The molecule has 23 heavy (non-hydrogen) atoms. The van der Waals surface area contributed by atoms with Crippen LogP contribution >= 0.6 is 11.8 Å². The second-order valence-electron chi connectivity index (χ2n) is 6.19. The third-order valence-electron chi connectivity index (χ3n) is 4.63. The Labute approximate surface area is 141 Å². The van der Waals surface area contributed by atoms with Crippen LogP contribution in [0.25, 0.3) is 0 Å². The number of carbonyl (C=O) groups excluding carboxylic acids is 1. The van der Waals surface area contributed by atoms with Crippen molar-refractivity contribution >= 4 is 23.5 Å². The summed E-state index contributed by atoms with van der Waals surface area (Å²) in [5.74, 6) is 1.05. The van der Waals surface area contributed by atoms with Crippen molar-refractivity contribution in [1.82, 2.24) is 4.57 Å². The van der Waals surface area contributed by atoms with Crippen molar-refractivity contribution in [2.75, 3.05) is 23.9 Å². The maximum Gasteiger partial charge on any atom is 0.235 e. The Morgan fingerprint density at radius 3 is 2.96 bits per heavy atom. The minimum atomic E-state index is -0.0440. The van der Waals surface area contributed by atoms with Gasteiger partial charge in [0, 0.05) is 12.3 Å². The molecule has 0 saturated carbocycles. The molecule has 2 heterocycles. The van der Waals surface area contributed by atoms with Gasteiger partial charge >= 0.3 is 0 Å². The van der Waals surface area contributed by atoms with Crippen LogP contribution < -0.4 is 5.32 Å². The van der Waals surface area contributed by atoms with Crippen molar-refractivity contribution < 1.29 is 9.53 Å². The number of nitrogens with one attached hydrogen (secondary N) is 1. The molecule has 0 unspecified atom stereocenters. The van der Waals surface area contributed by atoms with E-state index < -0.39 is 0 Å². The molecule has 1 N–H and O–H groups in total. The Balaban J connectivity index is 1.97. The van der Waals surface area contributed by atoms with E-state index >= 15 is 0 Å². The van der Waals surface area contributed by atoms with E-state index in [1.165, 1.54) is 17.5 Å². The fourth-order valence-corrected chi connectivity index (χ4v) is 3.95. The number of fused-ring (bicyclic) bond motifs is 1. The highest BCUT2D eigenvalue weighted by Gasteiger charge is 2.28. The van der Waals surface area contributed by atoms with Crippen LogP contribution in [0, 0.1) is 11.3 Å². The standard InChI is InChI=1S/C17H23N3O2S/c1-23-11-16(21)19-17-14(9-18)13-6-2-3-7-15(13)20(17)10-12-5-4-8-22-12/h12H,2-8,10-11H2,1H3,(H,19,21)/t12-/m0/s1. The van der Waals surface area contributed by atoms with Crippen LogP contribution in [0.15, 0.2) is 0 Å². The number of aromatic nitrogens is 1. The molecule has 0 spiro atoms. The number of carbonyl (C=O) groups is 1. The summed E-state index contributed by atoms with van der Waals surface area (Å²) in [6, 6.07) is 2.33. The van der Waals surface area contributed by atoms with Gasteiger partial charge in [0.2, 0.25) is 5.91 Å². The fourth-order valence-electron chi connectivity index (χ4n) is 3.61. The van der Waals surface area contributed by atoms with Crippen molar-refractivity contribution in [3.8, 4) is 6.07 Å². The number of nitriles is 1.